The summed E-state index contributed by atoms with van der Waals surface area (Å²) in [4.78, 5) is 14.4. The molecule has 2 aliphatic rings. The van der Waals surface area contributed by atoms with Crippen LogP contribution in [0.3, 0.4) is 0 Å². The summed E-state index contributed by atoms with van der Waals surface area (Å²) in [6.07, 6.45) is 10.8. The van der Waals surface area contributed by atoms with E-state index in [2.05, 4.69) is 4.90 Å². The minimum absolute atomic E-state index is 0.319. The Bertz CT molecular complexity index is 249. The Morgan fingerprint density at radius 3 is 2.47 bits per heavy atom. The Hall–Kier alpha value is -0.570. The van der Waals surface area contributed by atoms with Gasteiger partial charge in [0.1, 0.15) is 0 Å². The van der Waals surface area contributed by atoms with Gasteiger partial charge in [-0.25, -0.2) is 0 Å². The maximum absolute atomic E-state index is 12.3. The third-order valence-electron chi connectivity index (χ3n) is 4.41. The van der Waals surface area contributed by atoms with Crippen molar-refractivity contribution in [1.29, 1.82) is 0 Å². The number of nitrogens with two attached hydrogens (primary N) is 1. The molecule has 1 unspecified atom stereocenters. The van der Waals surface area contributed by atoms with E-state index in [1.165, 1.54) is 38.5 Å². The van der Waals surface area contributed by atoms with Crippen LogP contribution in [-0.4, -0.2) is 29.9 Å². The zero-order valence-electron chi connectivity index (χ0n) is 10.9. The molecule has 3 nitrogen and oxygen atoms in total. The number of carbonyl (C=O) groups excluding carboxylic acids is 1. The standard InChI is InChI=1S/C14H26N2O/c15-11-13-8-4-5-9-16(13)14(17)10-12-6-2-1-3-7-12/h12-13H,1-11,15H2. The predicted molar refractivity (Wildman–Crippen MR) is 69.6 cm³/mol. The molecule has 1 aliphatic carbocycles. The predicted octanol–water partition coefficient (Wildman–Crippen LogP) is 2.30. The first kappa shape index (κ1) is 12.9. The maximum atomic E-state index is 12.3. The Labute approximate surface area is 105 Å². The normalized spacial score (nSPS) is 27.1. The van der Waals surface area contributed by atoms with Gasteiger partial charge in [0.05, 0.1) is 0 Å². The SMILES string of the molecule is NCC1CCCCN1C(=O)CC1CCCCC1. The molecule has 0 bridgehead atoms. The average Bonchev–Trinajstić information content (AvgIpc) is 2.40. The molecule has 2 rings (SSSR count). The van der Waals surface area contributed by atoms with Crippen molar-refractivity contribution < 1.29 is 4.79 Å². The molecule has 1 heterocycles. The molecule has 1 saturated carbocycles. The van der Waals surface area contributed by atoms with Crippen LogP contribution in [0.4, 0.5) is 0 Å². The van der Waals surface area contributed by atoms with Crippen LogP contribution in [0.15, 0.2) is 0 Å². The first-order valence-corrected chi connectivity index (χ1v) is 7.31. The van der Waals surface area contributed by atoms with Crippen LogP contribution in [0, 0.1) is 5.92 Å². The van der Waals surface area contributed by atoms with Gasteiger partial charge in [0.15, 0.2) is 0 Å². The summed E-state index contributed by atoms with van der Waals surface area (Å²) in [5.41, 5.74) is 5.77. The lowest BCUT2D eigenvalue weighted by atomic mass is 9.86. The van der Waals surface area contributed by atoms with Gasteiger partial charge in [-0.15, -0.1) is 0 Å². The number of hydrogen-bond donors (Lipinski definition) is 1. The summed E-state index contributed by atoms with van der Waals surface area (Å²) in [7, 11) is 0. The second-order valence-corrected chi connectivity index (χ2v) is 5.68. The van der Waals surface area contributed by atoms with E-state index in [0.29, 0.717) is 24.4 Å². The molecular formula is C14H26N2O. The largest absolute Gasteiger partial charge is 0.338 e. The molecule has 0 spiro atoms. The van der Waals surface area contributed by atoms with Crippen LogP contribution in [0.5, 0.6) is 0 Å². The van der Waals surface area contributed by atoms with E-state index in [0.717, 1.165) is 25.8 Å². The third kappa shape index (κ3) is 3.44. The lowest BCUT2D eigenvalue weighted by Gasteiger charge is -2.36. The first-order valence-electron chi connectivity index (χ1n) is 7.31. The van der Waals surface area contributed by atoms with E-state index < -0.39 is 0 Å². The number of hydrogen-bond acceptors (Lipinski definition) is 2. The van der Waals surface area contributed by atoms with E-state index in [4.69, 9.17) is 5.73 Å². The smallest absolute Gasteiger partial charge is 0.223 e. The number of likely N-dealkylation sites (tertiary alicyclic amines) is 1. The van der Waals surface area contributed by atoms with Crippen molar-refractivity contribution in [3.8, 4) is 0 Å². The van der Waals surface area contributed by atoms with Crippen molar-refractivity contribution >= 4 is 5.91 Å². The molecule has 1 saturated heterocycles. The average molecular weight is 238 g/mol. The maximum Gasteiger partial charge on any atom is 0.223 e. The number of piperidine rings is 1. The van der Waals surface area contributed by atoms with E-state index in [1.54, 1.807) is 0 Å². The van der Waals surface area contributed by atoms with Gasteiger partial charge in [-0.05, 0) is 38.0 Å². The number of rotatable bonds is 3. The van der Waals surface area contributed by atoms with Gasteiger partial charge in [0, 0.05) is 25.6 Å². The Morgan fingerprint density at radius 2 is 1.76 bits per heavy atom. The molecule has 17 heavy (non-hydrogen) atoms. The van der Waals surface area contributed by atoms with Crippen molar-refractivity contribution in [2.45, 2.75) is 63.8 Å². The van der Waals surface area contributed by atoms with E-state index in [-0.39, 0.29) is 0 Å². The van der Waals surface area contributed by atoms with Crippen molar-refractivity contribution in [2.24, 2.45) is 11.7 Å². The number of carbonyl (C=O) groups is 1. The van der Waals surface area contributed by atoms with Crippen molar-refractivity contribution in [1.82, 2.24) is 4.90 Å². The summed E-state index contributed by atoms with van der Waals surface area (Å²) < 4.78 is 0. The van der Waals surface area contributed by atoms with Crippen LogP contribution in [0.1, 0.15) is 57.8 Å². The van der Waals surface area contributed by atoms with Gasteiger partial charge in [-0.3, -0.25) is 4.79 Å². The van der Waals surface area contributed by atoms with Gasteiger partial charge < -0.3 is 10.6 Å². The molecule has 3 heteroatoms. The summed E-state index contributed by atoms with van der Waals surface area (Å²) in [6.45, 7) is 1.57. The van der Waals surface area contributed by atoms with Crippen LogP contribution >= 0.6 is 0 Å². The van der Waals surface area contributed by atoms with Crippen molar-refractivity contribution in [3.63, 3.8) is 0 Å². The van der Waals surface area contributed by atoms with Crippen LogP contribution in [-0.2, 0) is 4.79 Å². The highest BCUT2D eigenvalue weighted by Gasteiger charge is 2.27. The molecule has 0 radical (unpaired) electrons. The summed E-state index contributed by atoms with van der Waals surface area (Å²) in [5, 5.41) is 0. The molecule has 0 aromatic rings. The minimum atomic E-state index is 0.319. The molecule has 0 aromatic carbocycles. The Kier molecular flexibility index (Phi) is 4.84. The second-order valence-electron chi connectivity index (χ2n) is 5.68. The van der Waals surface area contributed by atoms with Gasteiger partial charge in [-0.1, -0.05) is 19.3 Å². The van der Waals surface area contributed by atoms with Crippen LogP contribution < -0.4 is 5.73 Å². The van der Waals surface area contributed by atoms with E-state index in [1.807, 2.05) is 0 Å². The Morgan fingerprint density at radius 1 is 1.06 bits per heavy atom. The fraction of sp³-hybridized carbons (Fsp3) is 0.929. The monoisotopic (exact) mass is 238 g/mol. The van der Waals surface area contributed by atoms with Gasteiger partial charge in [0.25, 0.3) is 0 Å². The first-order chi connectivity index (χ1) is 8.31. The molecular weight excluding hydrogens is 212 g/mol. The van der Waals surface area contributed by atoms with Gasteiger partial charge >= 0.3 is 0 Å². The van der Waals surface area contributed by atoms with Crippen molar-refractivity contribution in [3.05, 3.63) is 0 Å². The van der Waals surface area contributed by atoms with Gasteiger partial charge in [-0.2, -0.15) is 0 Å². The highest BCUT2D eigenvalue weighted by atomic mass is 16.2. The van der Waals surface area contributed by atoms with E-state index in [9.17, 15) is 4.79 Å². The summed E-state index contributed by atoms with van der Waals surface area (Å²) in [5.74, 6) is 1.02. The Balaban J connectivity index is 1.84. The fourth-order valence-electron chi connectivity index (χ4n) is 3.33. The molecule has 0 aromatic heterocycles. The van der Waals surface area contributed by atoms with Crippen LogP contribution in [0.2, 0.25) is 0 Å². The second kappa shape index (κ2) is 6.39. The van der Waals surface area contributed by atoms with E-state index >= 15 is 0 Å². The molecule has 2 fully saturated rings. The number of nitrogens with zero attached hydrogens (tertiary/aromatic N) is 1. The fourth-order valence-corrected chi connectivity index (χ4v) is 3.33. The van der Waals surface area contributed by atoms with Gasteiger partial charge in [0.2, 0.25) is 5.91 Å². The summed E-state index contributed by atoms with van der Waals surface area (Å²) >= 11 is 0. The van der Waals surface area contributed by atoms with Crippen molar-refractivity contribution in [2.75, 3.05) is 13.1 Å². The third-order valence-corrected chi connectivity index (χ3v) is 4.41. The minimum Gasteiger partial charge on any atom is -0.338 e. The highest BCUT2D eigenvalue weighted by Crippen LogP contribution is 2.28. The zero-order chi connectivity index (χ0) is 12.1. The number of amides is 1. The molecule has 1 atom stereocenters. The quantitative estimate of drug-likeness (QED) is 0.820. The highest BCUT2D eigenvalue weighted by molar-refractivity contribution is 5.77. The zero-order valence-corrected chi connectivity index (χ0v) is 10.9. The summed E-state index contributed by atoms with van der Waals surface area (Å²) in [6, 6.07) is 0.319. The lowest BCUT2D eigenvalue weighted by Crippen LogP contribution is -2.47. The molecule has 2 N–H and O–H groups in total. The topological polar surface area (TPSA) is 46.3 Å². The molecule has 1 amide bonds. The molecule has 98 valence electrons. The lowest BCUT2D eigenvalue weighted by molar-refractivity contribution is -0.135. The van der Waals surface area contributed by atoms with Crippen LogP contribution in [0.25, 0.3) is 0 Å². The molecule has 1 aliphatic heterocycles.